The number of hydroxylamine groups is 1. The maximum absolute atomic E-state index is 4.78. The number of hydrogen-bond acceptors (Lipinski definition) is 2. The van der Waals surface area contributed by atoms with E-state index >= 15 is 0 Å². The zero-order valence-electron chi connectivity index (χ0n) is 5.19. The molecular formula is C4H13NOSi. The molecule has 0 aliphatic carbocycles. The van der Waals surface area contributed by atoms with Crippen LogP contribution in [0.2, 0.25) is 0 Å². The standard InChI is InChI=1S/C4H13NOSi/c1-3-4(2)5-6-7/h4-5H,3H2,1-2,7H3. The van der Waals surface area contributed by atoms with Crippen molar-refractivity contribution >= 4 is 10.5 Å². The summed E-state index contributed by atoms with van der Waals surface area (Å²) in [4.78, 5) is 0. The van der Waals surface area contributed by atoms with Crippen molar-refractivity contribution in [2.24, 2.45) is 0 Å². The van der Waals surface area contributed by atoms with Crippen LogP contribution < -0.4 is 5.48 Å². The molecule has 0 saturated heterocycles. The second kappa shape index (κ2) is 4.30. The van der Waals surface area contributed by atoms with E-state index in [9.17, 15) is 0 Å². The predicted molar refractivity (Wildman–Crippen MR) is 33.9 cm³/mol. The molecule has 0 aromatic heterocycles. The Labute approximate surface area is 47.7 Å². The Morgan fingerprint density at radius 1 is 1.86 bits per heavy atom. The van der Waals surface area contributed by atoms with Gasteiger partial charge in [0.1, 0.15) is 0 Å². The SMILES string of the molecule is CCC(C)NO[SiH3]. The van der Waals surface area contributed by atoms with E-state index in [4.69, 9.17) is 4.53 Å². The van der Waals surface area contributed by atoms with Crippen molar-refractivity contribution in [1.29, 1.82) is 0 Å². The molecule has 3 heteroatoms. The molecule has 0 bridgehead atoms. The zero-order valence-corrected chi connectivity index (χ0v) is 7.19. The molecular weight excluding hydrogens is 106 g/mol. The third-order valence-electron chi connectivity index (χ3n) is 0.931. The Balaban J connectivity index is 2.83. The van der Waals surface area contributed by atoms with Crippen LogP contribution in [0.4, 0.5) is 0 Å². The summed E-state index contributed by atoms with van der Waals surface area (Å²) in [5.41, 5.74) is 2.86. The van der Waals surface area contributed by atoms with Crippen molar-refractivity contribution in [1.82, 2.24) is 5.48 Å². The molecule has 0 radical (unpaired) electrons. The highest BCUT2D eigenvalue weighted by Crippen LogP contribution is 1.84. The van der Waals surface area contributed by atoms with Crippen LogP contribution in [0.3, 0.4) is 0 Å². The fourth-order valence-electron chi connectivity index (χ4n) is 0.285. The van der Waals surface area contributed by atoms with Crippen LogP contribution >= 0.6 is 0 Å². The van der Waals surface area contributed by atoms with Crippen molar-refractivity contribution in [3.8, 4) is 0 Å². The number of hydrogen-bond donors (Lipinski definition) is 1. The number of rotatable bonds is 3. The summed E-state index contributed by atoms with van der Waals surface area (Å²) in [6.45, 7) is 4.22. The molecule has 7 heavy (non-hydrogen) atoms. The largest absolute Gasteiger partial charge is 0.357 e. The lowest BCUT2D eigenvalue weighted by molar-refractivity contribution is 0.177. The predicted octanol–water partition coefficient (Wildman–Crippen LogP) is -0.413. The Kier molecular flexibility index (Phi) is 4.38. The van der Waals surface area contributed by atoms with Gasteiger partial charge in [-0.2, -0.15) is 0 Å². The molecule has 44 valence electrons. The first-order valence-corrected chi connectivity index (χ1v) is 3.41. The minimum atomic E-state index is 0.512. The summed E-state index contributed by atoms with van der Waals surface area (Å²) < 4.78 is 4.78. The molecule has 1 atom stereocenters. The first-order valence-electron chi connectivity index (χ1n) is 2.59. The topological polar surface area (TPSA) is 21.3 Å². The third-order valence-corrected chi connectivity index (χ3v) is 1.17. The van der Waals surface area contributed by atoms with E-state index in [-0.39, 0.29) is 0 Å². The summed E-state index contributed by atoms with van der Waals surface area (Å²) in [5.74, 6) is 0. The molecule has 0 fully saturated rings. The van der Waals surface area contributed by atoms with Gasteiger partial charge in [0.25, 0.3) is 0 Å². The van der Waals surface area contributed by atoms with Crippen molar-refractivity contribution in [3.63, 3.8) is 0 Å². The molecule has 0 heterocycles. The maximum Gasteiger partial charge on any atom is 0.174 e. The summed E-state index contributed by atoms with van der Waals surface area (Å²) in [6.07, 6.45) is 1.13. The van der Waals surface area contributed by atoms with Gasteiger partial charge in [-0.1, -0.05) is 6.92 Å². The lowest BCUT2D eigenvalue weighted by Crippen LogP contribution is -2.23. The Bertz CT molecular complexity index is 42.7. The van der Waals surface area contributed by atoms with Crippen LogP contribution in [0, 0.1) is 0 Å². The zero-order chi connectivity index (χ0) is 5.70. The molecule has 0 saturated carbocycles. The van der Waals surface area contributed by atoms with E-state index < -0.39 is 0 Å². The van der Waals surface area contributed by atoms with Crippen molar-refractivity contribution in [2.75, 3.05) is 0 Å². The minimum Gasteiger partial charge on any atom is -0.357 e. The summed E-state index contributed by atoms with van der Waals surface area (Å²) >= 11 is 0. The monoisotopic (exact) mass is 119 g/mol. The Hall–Kier alpha value is 0.137. The van der Waals surface area contributed by atoms with Crippen molar-refractivity contribution < 1.29 is 4.53 Å². The van der Waals surface area contributed by atoms with Gasteiger partial charge in [0.15, 0.2) is 10.5 Å². The van der Waals surface area contributed by atoms with E-state index in [0.717, 1.165) is 16.9 Å². The third kappa shape index (κ3) is 3.98. The van der Waals surface area contributed by atoms with Crippen LogP contribution in [0.25, 0.3) is 0 Å². The molecule has 0 amide bonds. The van der Waals surface area contributed by atoms with Crippen LogP contribution in [-0.2, 0) is 4.53 Å². The quantitative estimate of drug-likeness (QED) is 0.403. The maximum atomic E-state index is 4.78. The van der Waals surface area contributed by atoms with E-state index in [0.29, 0.717) is 6.04 Å². The van der Waals surface area contributed by atoms with Gasteiger partial charge in [0.05, 0.1) is 0 Å². The highest BCUT2D eigenvalue weighted by atomic mass is 28.2. The van der Waals surface area contributed by atoms with Gasteiger partial charge in [0.2, 0.25) is 0 Å². The Morgan fingerprint density at radius 3 is 2.57 bits per heavy atom. The van der Waals surface area contributed by atoms with Gasteiger partial charge in [-0.15, -0.1) is 0 Å². The molecule has 0 aliphatic rings. The second-order valence-electron chi connectivity index (χ2n) is 1.63. The van der Waals surface area contributed by atoms with E-state index in [1.807, 2.05) is 0 Å². The molecule has 1 unspecified atom stereocenters. The summed E-state index contributed by atoms with van der Waals surface area (Å²) in [5, 5.41) is 0. The highest BCUT2D eigenvalue weighted by molar-refractivity contribution is 5.97. The minimum absolute atomic E-state index is 0.512. The van der Waals surface area contributed by atoms with E-state index in [2.05, 4.69) is 19.3 Å². The smallest absolute Gasteiger partial charge is 0.174 e. The van der Waals surface area contributed by atoms with Gasteiger partial charge in [-0.05, 0) is 13.3 Å². The van der Waals surface area contributed by atoms with Gasteiger partial charge < -0.3 is 4.53 Å². The molecule has 1 N–H and O–H groups in total. The van der Waals surface area contributed by atoms with Crippen molar-refractivity contribution in [3.05, 3.63) is 0 Å². The molecule has 0 rings (SSSR count). The number of nitrogens with one attached hydrogen (secondary N) is 1. The first kappa shape index (κ1) is 7.14. The molecule has 2 nitrogen and oxygen atoms in total. The Morgan fingerprint density at radius 2 is 2.43 bits per heavy atom. The fraction of sp³-hybridized carbons (Fsp3) is 1.00. The second-order valence-corrected chi connectivity index (χ2v) is 2.04. The molecule has 0 aliphatic heterocycles. The average molecular weight is 119 g/mol. The molecule has 0 aromatic rings. The summed E-state index contributed by atoms with van der Waals surface area (Å²) in [7, 11) is 0.780. The van der Waals surface area contributed by atoms with E-state index in [1.54, 1.807) is 0 Å². The highest BCUT2D eigenvalue weighted by Gasteiger charge is 1.90. The van der Waals surface area contributed by atoms with Gasteiger partial charge in [0, 0.05) is 6.04 Å². The first-order chi connectivity index (χ1) is 3.31. The molecule has 0 spiro atoms. The van der Waals surface area contributed by atoms with Crippen LogP contribution in [-0.4, -0.2) is 16.5 Å². The van der Waals surface area contributed by atoms with Gasteiger partial charge in [-0.3, -0.25) is 0 Å². The van der Waals surface area contributed by atoms with Crippen LogP contribution in [0.1, 0.15) is 20.3 Å². The normalized spacial score (nSPS) is 14.6. The molecule has 0 aromatic carbocycles. The lowest BCUT2D eigenvalue weighted by atomic mass is 10.3. The summed E-state index contributed by atoms with van der Waals surface area (Å²) in [6, 6.07) is 0.512. The average Bonchev–Trinajstić information content (AvgIpc) is 1.68. The lowest BCUT2D eigenvalue weighted by Gasteiger charge is -2.06. The van der Waals surface area contributed by atoms with Crippen molar-refractivity contribution in [2.45, 2.75) is 26.3 Å². The van der Waals surface area contributed by atoms with Gasteiger partial charge >= 0.3 is 0 Å². The fourth-order valence-corrected chi connectivity index (χ4v) is 0.687. The van der Waals surface area contributed by atoms with E-state index in [1.165, 1.54) is 0 Å². The van der Waals surface area contributed by atoms with Crippen LogP contribution in [0.5, 0.6) is 0 Å². The van der Waals surface area contributed by atoms with Gasteiger partial charge in [-0.25, -0.2) is 5.48 Å². The van der Waals surface area contributed by atoms with Crippen LogP contribution in [0.15, 0.2) is 0 Å².